The van der Waals surface area contributed by atoms with E-state index < -0.39 is 5.97 Å². The number of hydrogen-bond acceptors (Lipinski definition) is 7. The molecular weight excluding hydrogens is 424 g/mol. The van der Waals surface area contributed by atoms with Crippen LogP contribution in [0.5, 0.6) is 11.5 Å². The van der Waals surface area contributed by atoms with Crippen LogP contribution in [0.1, 0.15) is 51.4 Å². The van der Waals surface area contributed by atoms with Crippen LogP contribution in [0.2, 0.25) is 0 Å². The van der Waals surface area contributed by atoms with Crippen molar-refractivity contribution in [3.63, 3.8) is 0 Å². The van der Waals surface area contributed by atoms with E-state index in [1.54, 1.807) is 19.2 Å². The zero-order chi connectivity index (χ0) is 23.6. The van der Waals surface area contributed by atoms with E-state index in [0.29, 0.717) is 23.3 Å². The fraction of sp³-hybridized carbons (Fsp3) is 0.577. The van der Waals surface area contributed by atoms with E-state index in [2.05, 4.69) is 6.58 Å². The Morgan fingerprint density at radius 1 is 0.818 bits per heavy atom. The molecule has 0 aromatic heterocycles. The lowest BCUT2D eigenvalue weighted by atomic mass is 9.69. The van der Waals surface area contributed by atoms with Gasteiger partial charge in [-0.05, 0) is 75.3 Å². The summed E-state index contributed by atoms with van der Waals surface area (Å²) in [6.45, 7) is 3.45. The van der Waals surface area contributed by atoms with Gasteiger partial charge in [0.05, 0.1) is 18.9 Å². The molecule has 0 saturated heterocycles. The molecular formula is C26H34O7. The smallest absolute Gasteiger partial charge is 0.330 e. The Balaban J connectivity index is 1.36. The van der Waals surface area contributed by atoms with Gasteiger partial charge < -0.3 is 18.9 Å². The average Bonchev–Trinajstić information content (AvgIpc) is 2.86. The predicted octanol–water partition coefficient (Wildman–Crippen LogP) is 4.49. The summed E-state index contributed by atoms with van der Waals surface area (Å²) in [6, 6.07) is 7.20. The largest absolute Gasteiger partial charge is 0.493 e. The van der Waals surface area contributed by atoms with Crippen LogP contribution >= 0.6 is 0 Å². The van der Waals surface area contributed by atoms with E-state index in [-0.39, 0.29) is 37.0 Å². The molecule has 180 valence electrons. The van der Waals surface area contributed by atoms with E-state index >= 15 is 0 Å². The molecule has 1 aromatic rings. The number of ether oxygens (including phenoxy) is 4. The van der Waals surface area contributed by atoms with Crippen LogP contribution < -0.4 is 9.47 Å². The highest BCUT2D eigenvalue weighted by Gasteiger charge is 2.35. The zero-order valence-corrected chi connectivity index (χ0v) is 19.3. The van der Waals surface area contributed by atoms with E-state index in [1.807, 2.05) is 12.1 Å². The lowest BCUT2D eigenvalue weighted by molar-refractivity contribution is -0.154. The van der Waals surface area contributed by atoms with Crippen molar-refractivity contribution in [2.24, 2.45) is 23.7 Å². The summed E-state index contributed by atoms with van der Waals surface area (Å²) in [4.78, 5) is 35.9. The molecule has 0 atom stereocenters. The van der Waals surface area contributed by atoms with Crippen molar-refractivity contribution < 1.29 is 33.3 Å². The SMILES string of the molecule is C=CC(=O)OCCOC(=O)C1CCC(C2CCC(C(=O)Oc3ccccc3OC)CC2)CC1. The topological polar surface area (TPSA) is 88.1 Å². The summed E-state index contributed by atoms with van der Waals surface area (Å²) in [5.74, 6) is 1.16. The molecule has 2 fully saturated rings. The second-order valence-corrected chi connectivity index (χ2v) is 8.83. The highest BCUT2D eigenvalue weighted by molar-refractivity contribution is 5.81. The number of esters is 3. The maximum Gasteiger partial charge on any atom is 0.330 e. The van der Waals surface area contributed by atoms with Gasteiger partial charge in [0.1, 0.15) is 13.2 Å². The Hall–Kier alpha value is -2.83. The van der Waals surface area contributed by atoms with Crippen molar-refractivity contribution in [2.75, 3.05) is 20.3 Å². The van der Waals surface area contributed by atoms with Crippen molar-refractivity contribution >= 4 is 17.9 Å². The maximum atomic E-state index is 12.6. The second kappa shape index (κ2) is 12.4. The normalized spacial score (nSPS) is 24.9. The monoisotopic (exact) mass is 458 g/mol. The van der Waals surface area contributed by atoms with Gasteiger partial charge in [0.2, 0.25) is 0 Å². The summed E-state index contributed by atoms with van der Waals surface area (Å²) in [7, 11) is 1.56. The number of carbonyl (C=O) groups is 3. The van der Waals surface area contributed by atoms with E-state index in [0.717, 1.165) is 57.4 Å². The highest BCUT2D eigenvalue weighted by atomic mass is 16.6. The minimum absolute atomic E-state index is 0.0503. The number of benzene rings is 1. The Morgan fingerprint density at radius 3 is 1.88 bits per heavy atom. The van der Waals surface area contributed by atoms with Crippen molar-refractivity contribution in [2.45, 2.75) is 51.4 Å². The molecule has 0 amide bonds. The van der Waals surface area contributed by atoms with Crippen molar-refractivity contribution in [3.8, 4) is 11.5 Å². The standard InChI is InChI=1S/C26H34O7/c1-3-24(27)31-16-17-32-25(28)20-12-8-18(9-13-20)19-10-14-21(15-11-19)26(29)33-23-7-5-4-6-22(23)30-2/h3-7,18-21H,1,8-17H2,2H3. The van der Waals surface area contributed by atoms with Crippen LogP contribution in [0.25, 0.3) is 0 Å². The molecule has 3 rings (SSSR count). The van der Waals surface area contributed by atoms with Crippen LogP contribution in [-0.2, 0) is 23.9 Å². The quantitative estimate of drug-likeness (QED) is 0.233. The van der Waals surface area contributed by atoms with Crippen molar-refractivity contribution in [1.29, 1.82) is 0 Å². The van der Waals surface area contributed by atoms with Gasteiger partial charge in [0, 0.05) is 6.08 Å². The summed E-state index contributed by atoms with van der Waals surface area (Å²) >= 11 is 0. The number of hydrogen-bond donors (Lipinski definition) is 0. The van der Waals surface area contributed by atoms with Crippen LogP contribution in [-0.4, -0.2) is 38.2 Å². The van der Waals surface area contributed by atoms with E-state index in [1.165, 1.54) is 0 Å². The van der Waals surface area contributed by atoms with Gasteiger partial charge in [-0.15, -0.1) is 0 Å². The molecule has 33 heavy (non-hydrogen) atoms. The first-order chi connectivity index (χ1) is 16.0. The lowest BCUT2D eigenvalue weighted by Gasteiger charge is -2.36. The molecule has 0 bridgehead atoms. The van der Waals surface area contributed by atoms with Crippen LogP contribution in [0.3, 0.4) is 0 Å². The summed E-state index contributed by atoms with van der Waals surface area (Å²) < 4.78 is 20.9. The number of carbonyl (C=O) groups excluding carboxylic acids is 3. The summed E-state index contributed by atoms with van der Waals surface area (Å²) in [5, 5.41) is 0. The van der Waals surface area contributed by atoms with Crippen LogP contribution in [0.4, 0.5) is 0 Å². The first kappa shape index (κ1) is 24.8. The molecule has 1 aromatic carbocycles. The second-order valence-electron chi connectivity index (χ2n) is 8.83. The number of methoxy groups -OCH3 is 1. The molecule has 0 radical (unpaired) electrons. The maximum absolute atomic E-state index is 12.6. The fourth-order valence-corrected chi connectivity index (χ4v) is 5.01. The highest BCUT2D eigenvalue weighted by Crippen LogP contribution is 2.42. The molecule has 2 aliphatic rings. The number of rotatable bonds is 9. The van der Waals surface area contributed by atoms with E-state index in [9.17, 15) is 14.4 Å². The summed E-state index contributed by atoms with van der Waals surface area (Å²) in [5.41, 5.74) is 0. The molecule has 0 heterocycles. The average molecular weight is 459 g/mol. The molecule has 0 unspecified atom stereocenters. The third kappa shape index (κ3) is 7.07. The molecule has 7 nitrogen and oxygen atoms in total. The zero-order valence-electron chi connectivity index (χ0n) is 19.3. The Morgan fingerprint density at radius 2 is 1.33 bits per heavy atom. The molecule has 0 N–H and O–H groups in total. The molecule has 0 aliphatic heterocycles. The van der Waals surface area contributed by atoms with Crippen molar-refractivity contribution in [1.82, 2.24) is 0 Å². The minimum Gasteiger partial charge on any atom is -0.493 e. The first-order valence-electron chi connectivity index (χ1n) is 11.8. The van der Waals surface area contributed by atoms with Gasteiger partial charge in [0.25, 0.3) is 0 Å². The molecule has 0 spiro atoms. The summed E-state index contributed by atoms with van der Waals surface area (Å²) in [6.07, 6.45) is 8.45. The van der Waals surface area contributed by atoms with Crippen molar-refractivity contribution in [3.05, 3.63) is 36.9 Å². The molecule has 2 saturated carbocycles. The molecule has 7 heteroatoms. The van der Waals surface area contributed by atoms with Gasteiger partial charge in [-0.25, -0.2) is 4.79 Å². The Labute approximate surface area is 195 Å². The van der Waals surface area contributed by atoms with Gasteiger partial charge in [-0.2, -0.15) is 0 Å². The predicted molar refractivity (Wildman–Crippen MR) is 122 cm³/mol. The van der Waals surface area contributed by atoms with Gasteiger partial charge in [-0.1, -0.05) is 18.7 Å². The van der Waals surface area contributed by atoms with Gasteiger partial charge in [-0.3, -0.25) is 9.59 Å². The first-order valence-corrected chi connectivity index (χ1v) is 11.8. The fourth-order valence-electron chi connectivity index (χ4n) is 5.01. The van der Waals surface area contributed by atoms with Crippen LogP contribution in [0, 0.1) is 23.7 Å². The third-order valence-electron chi connectivity index (χ3n) is 6.90. The minimum atomic E-state index is -0.519. The third-order valence-corrected chi connectivity index (χ3v) is 6.90. The number of para-hydroxylation sites is 2. The Kier molecular flexibility index (Phi) is 9.34. The lowest BCUT2D eigenvalue weighted by Crippen LogP contribution is -2.31. The Bertz CT molecular complexity index is 818. The van der Waals surface area contributed by atoms with Gasteiger partial charge in [0.15, 0.2) is 11.5 Å². The van der Waals surface area contributed by atoms with Crippen LogP contribution in [0.15, 0.2) is 36.9 Å². The van der Waals surface area contributed by atoms with Gasteiger partial charge >= 0.3 is 17.9 Å². The van der Waals surface area contributed by atoms with E-state index in [4.69, 9.17) is 18.9 Å². The molecule has 2 aliphatic carbocycles.